The molecule has 1 atom stereocenters. The van der Waals surface area contributed by atoms with Crippen LogP contribution in [-0.4, -0.2) is 20.6 Å². The van der Waals surface area contributed by atoms with Crippen LogP contribution >= 0.6 is 23.2 Å². The number of nitrogens with zero attached hydrogens (tertiary/aromatic N) is 1. The molecule has 140 valence electrons. The van der Waals surface area contributed by atoms with E-state index in [1.807, 2.05) is 13.0 Å². The van der Waals surface area contributed by atoms with E-state index < -0.39 is 9.84 Å². The number of hydrogen-bond acceptors (Lipinski definition) is 3. The van der Waals surface area contributed by atoms with Gasteiger partial charge < -0.3 is 11.1 Å². The maximum Gasteiger partial charge on any atom is 0.189 e. The van der Waals surface area contributed by atoms with E-state index in [1.165, 1.54) is 6.26 Å². The van der Waals surface area contributed by atoms with E-state index in [4.69, 9.17) is 28.9 Å². The molecule has 0 aromatic heterocycles. The summed E-state index contributed by atoms with van der Waals surface area (Å²) in [6.07, 6.45) is 1.19. The van der Waals surface area contributed by atoms with Crippen LogP contribution in [0.15, 0.2) is 46.3 Å². The number of sulfone groups is 1. The molecule has 2 aromatic carbocycles. The predicted molar refractivity (Wildman–Crippen MR) is 108 cm³/mol. The lowest BCUT2D eigenvalue weighted by Gasteiger charge is -2.16. The molecular formula is C18H21Cl2N3O2S. The third kappa shape index (κ3) is 5.37. The lowest BCUT2D eigenvalue weighted by molar-refractivity contribution is 0.601. The van der Waals surface area contributed by atoms with Crippen molar-refractivity contribution < 1.29 is 8.42 Å². The maximum absolute atomic E-state index is 11.7. The summed E-state index contributed by atoms with van der Waals surface area (Å²) in [6, 6.07) is 10.3. The van der Waals surface area contributed by atoms with Gasteiger partial charge in [-0.25, -0.2) is 13.4 Å². The molecule has 0 bridgehead atoms. The Kier molecular flexibility index (Phi) is 6.55. The van der Waals surface area contributed by atoms with Gasteiger partial charge in [-0.3, -0.25) is 0 Å². The van der Waals surface area contributed by atoms with Crippen molar-refractivity contribution >= 4 is 39.0 Å². The molecule has 0 heterocycles. The Morgan fingerprint density at radius 1 is 1.23 bits per heavy atom. The lowest BCUT2D eigenvalue weighted by Crippen LogP contribution is -2.34. The fraction of sp³-hybridized carbons (Fsp3) is 0.278. The summed E-state index contributed by atoms with van der Waals surface area (Å²) in [5, 5.41) is 4.20. The van der Waals surface area contributed by atoms with E-state index in [0.29, 0.717) is 27.0 Å². The van der Waals surface area contributed by atoms with Crippen molar-refractivity contribution in [1.82, 2.24) is 5.32 Å². The molecular weight excluding hydrogens is 393 g/mol. The number of nitrogens with one attached hydrogen (secondary N) is 1. The second-order valence-electron chi connectivity index (χ2n) is 6.11. The van der Waals surface area contributed by atoms with E-state index in [1.54, 1.807) is 37.3 Å². The molecule has 3 N–H and O–H groups in total. The van der Waals surface area contributed by atoms with Gasteiger partial charge in [0.2, 0.25) is 0 Å². The third-order valence-electron chi connectivity index (χ3n) is 3.86. The zero-order valence-corrected chi connectivity index (χ0v) is 17.1. The molecule has 0 spiro atoms. The number of halogens is 2. The minimum atomic E-state index is -3.23. The van der Waals surface area contributed by atoms with Crippen molar-refractivity contribution in [3.8, 4) is 0 Å². The molecule has 8 heteroatoms. The van der Waals surface area contributed by atoms with E-state index >= 15 is 0 Å². The van der Waals surface area contributed by atoms with Crippen LogP contribution in [0.5, 0.6) is 0 Å². The average molecular weight is 414 g/mol. The van der Waals surface area contributed by atoms with E-state index in [-0.39, 0.29) is 12.0 Å². The number of rotatable bonds is 5. The van der Waals surface area contributed by atoms with Gasteiger partial charge in [-0.15, -0.1) is 0 Å². The molecule has 2 aromatic rings. The highest BCUT2D eigenvalue weighted by Gasteiger charge is 2.12. The number of nitrogens with two attached hydrogens (primary N) is 1. The summed E-state index contributed by atoms with van der Waals surface area (Å²) in [5.74, 6) is 0.272. The van der Waals surface area contributed by atoms with Crippen LogP contribution in [0, 0.1) is 6.92 Å². The van der Waals surface area contributed by atoms with Crippen LogP contribution in [0.1, 0.15) is 29.7 Å². The standard InChI is InChI=1S/C18H21Cl2N3O2S/c1-11-8-13(4-7-17(11)26(3,24)25)10-22-18(21)23-12(2)15-6-5-14(19)9-16(15)20/h4-9,12H,10H2,1-3H3,(H3,21,22,23). The first kappa shape index (κ1) is 20.6. The predicted octanol–water partition coefficient (Wildman–Crippen LogP) is 3.87. The first-order chi connectivity index (χ1) is 12.1. The minimum Gasteiger partial charge on any atom is -0.370 e. The van der Waals surface area contributed by atoms with Crippen molar-refractivity contribution in [1.29, 1.82) is 0 Å². The monoisotopic (exact) mass is 413 g/mol. The quantitative estimate of drug-likeness (QED) is 0.575. The van der Waals surface area contributed by atoms with Gasteiger partial charge in [-0.2, -0.15) is 0 Å². The summed E-state index contributed by atoms with van der Waals surface area (Å²) in [5.41, 5.74) is 8.37. The third-order valence-corrected chi connectivity index (χ3v) is 5.68. The Bertz CT molecular complexity index is 943. The van der Waals surface area contributed by atoms with Crippen molar-refractivity contribution in [3.05, 3.63) is 63.1 Å². The molecule has 0 radical (unpaired) electrons. The number of benzene rings is 2. The molecule has 0 fully saturated rings. The molecule has 0 saturated heterocycles. The first-order valence-electron chi connectivity index (χ1n) is 7.89. The van der Waals surface area contributed by atoms with Crippen LogP contribution in [0.3, 0.4) is 0 Å². The topological polar surface area (TPSA) is 84.5 Å². The van der Waals surface area contributed by atoms with Crippen LogP contribution in [0.2, 0.25) is 10.0 Å². The Morgan fingerprint density at radius 2 is 1.92 bits per heavy atom. The van der Waals surface area contributed by atoms with Crippen molar-refractivity contribution in [3.63, 3.8) is 0 Å². The van der Waals surface area contributed by atoms with Crippen molar-refractivity contribution in [2.45, 2.75) is 31.3 Å². The Balaban J connectivity index is 2.07. The number of aryl methyl sites for hydroxylation is 1. The second-order valence-corrected chi connectivity index (χ2v) is 8.93. The maximum atomic E-state index is 11.7. The molecule has 0 amide bonds. The van der Waals surface area contributed by atoms with Gasteiger partial charge in [0, 0.05) is 16.3 Å². The number of hydrogen-bond donors (Lipinski definition) is 2. The smallest absolute Gasteiger partial charge is 0.189 e. The largest absolute Gasteiger partial charge is 0.370 e. The average Bonchev–Trinajstić information content (AvgIpc) is 2.51. The highest BCUT2D eigenvalue weighted by atomic mass is 35.5. The molecule has 0 aliphatic rings. The summed E-state index contributed by atoms with van der Waals surface area (Å²) in [6.45, 7) is 4.02. The van der Waals surface area contributed by atoms with Crippen LogP contribution in [-0.2, 0) is 16.4 Å². The molecule has 1 unspecified atom stereocenters. The summed E-state index contributed by atoms with van der Waals surface area (Å²) in [7, 11) is -3.23. The van der Waals surface area contributed by atoms with Crippen LogP contribution < -0.4 is 11.1 Å². The molecule has 26 heavy (non-hydrogen) atoms. The Labute approximate surface area is 164 Å². The summed E-state index contributed by atoms with van der Waals surface area (Å²) >= 11 is 12.1. The van der Waals surface area contributed by atoms with Gasteiger partial charge in [0.25, 0.3) is 0 Å². The first-order valence-corrected chi connectivity index (χ1v) is 10.5. The Morgan fingerprint density at radius 3 is 2.50 bits per heavy atom. The summed E-state index contributed by atoms with van der Waals surface area (Å²) < 4.78 is 23.3. The number of guanidine groups is 1. The van der Waals surface area contributed by atoms with Crippen LogP contribution in [0.4, 0.5) is 0 Å². The van der Waals surface area contributed by atoms with Crippen molar-refractivity contribution in [2.24, 2.45) is 10.7 Å². The van der Waals surface area contributed by atoms with E-state index in [9.17, 15) is 8.42 Å². The molecule has 0 aliphatic heterocycles. The molecule has 0 aliphatic carbocycles. The zero-order valence-electron chi connectivity index (χ0n) is 14.8. The van der Waals surface area contributed by atoms with Gasteiger partial charge in [0.1, 0.15) is 0 Å². The van der Waals surface area contributed by atoms with Gasteiger partial charge in [0.15, 0.2) is 15.8 Å². The fourth-order valence-corrected chi connectivity index (χ4v) is 4.13. The molecule has 5 nitrogen and oxygen atoms in total. The summed E-state index contributed by atoms with van der Waals surface area (Å²) in [4.78, 5) is 4.63. The van der Waals surface area contributed by atoms with Gasteiger partial charge >= 0.3 is 0 Å². The highest BCUT2D eigenvalue weighted by Crippen LogP contribution is 2.26. The lowest BCUT2D eigenvalue weighted by atomic mass is 10.1. The molecule has 2 rings (SSSR count). The zero-order chi connectivity index (χ0) is 19.5. The SMILES string of the molecule is Cc1cc(CN=C(N)NC(C)c2ccc(Cl)cc2Cl)ccc1S(C)(=O)=O. The molecule has 0 saturated carbocycles. The highest BCUT2D eigenvalue weighted by molar-refractivity contribution is 7.90. The van der Waals surface area contributed by atoms with E-state index in [0.717, 1.165) is 11.1 Å². The van der Waals surface area contributed by atoms with Gasteiger partial charge in [-0.05, 0) is 48.7 Å². The Hall–Kier alpha value is -1.76. The second kappa shape index (κ2) is 8.29. The normalized spacial score (nSPS) is 13.5. The fourth-order valence-electron chi connectivity index (χ4n) is 2.60. The van der Waals surface area contributed by atoms with E-state index in [2.05, 4.69) is 10.3 Å². The van der Waals surface area contributed by atoms with Gasteiger partial charge in [-0.1, -0.05) is 41.4 Å². The van der Waals surface area contributed by atoms with Crippen LogP contribution in [0.25, 0.3) is 0 Å². The minimum absolute atomic E-state index is 0.141. The van der Waals surface area contributed by atoms with Gasteiger partial charge in [0.05, 0.1) is 17.5 Å². The van der Waals surface area contributed by atoms with Crippen molar-refractivity contribution in [2.75, 3.05) is 6.26 Å². The number of aliphatic imine (C=N–C) groups is 1.